The van der Waals surface area contributed by atoms with E-state index < -0.39 is 0 Å². The fraction of sp³-hybridized carbons (Fsp3) is 0.385. The number of hydrogen-bond acceptors (Lipinski definition) is 3. The molecule has 0 radical (unpaired) electrons. The summed E-state index contributed by atoms with van der Waals surface area (Å²) in [6.45, 7) is 0.783. The Labute approximate surface area is 111 Å². The van der Waals surface area contributed by atoms with Crippen molar-refractivity contribution in [2.24, 2.45) is 5.73 Å². The predicted molar refractivity (Wildman–Crippen MR) is 73.0 cm³/mol. The van der Waals surface area contributed by atoms with Gasteiger partial charge in [0.1, 0.15) is 0 Å². The predicted octanol–water partition coefficient (Wildman–Crippen LogP) is 0.659. The number of amides is 3. The first-order valence-corrected chi connectivity index (χ1v) is 6.35. The van der Waals surface area contributed by atoms with Crippen molar-refractivity contribution in [3.8, 4) is 0 Å². The molecular weight excluding hydrogens is 244 g/mol. The quantitative estimate of drug-likeness (QED) is 0.627. The lowest BCUT2D eigenvalue weighted by Crippen LogP contribution is -2.33. The highest BCUT2D eigenvalue weighted by Gasteiger charge is 2.23. The minimum atomic E-state index is -0.276. The van der Waals surface area contributed by atoms with E-state index in [1.165, 1.54) is 0 Å². The van der Waals surface area contributed by atoms with Gasteiger partial charge in [0, 0.05) is 19.1 Å². The van der Waals surface area contributed by atoms with Crippen LogP contribution in [0.15, 0.2) is 24.3 Å². The molecule has 0 aromatic heterocycles. The molecule has 1 fully saturated rings. The Morgan fingerprint density at radius 2 is 2.00 bits per heavy atom. The molecule has 0 bridgehead atoms. The van der Waals surface area contributed by atoms with Crippen molar-refractivity contribution >= 4 is 17.6 Å². The Hall–Kier alpha value is -2.08. The van der Waals surface area contributed by atoms with E-state index in [0.29, 0.717) is 24.3 Å². The first-order valence-electron chi connectivity index (χ1n) is 6.35. The molecule has 1 saturated carbocycles. The Morgan fingerprint density at radius 3 is 2.68 bits per heavy atom. The van der Waals surface area contributed by atoms with Crippen LogP contribution in [0.5, 0.6) is 0 Å². The number of rotatable bonds is 5. The zero-order valence-corrected chi connectivity index (χ0v) is 10.6. The molecule has 1 aromatic rings. The van der Waals surface area contributed by atoms with Gasteiger partial charge < -0.3 is 21.7 Å². The van der Waals surface area contributed by atoms with E-state index in [1.54, 1.807) is 24.3 Å². The first-order chi connectivity index (χ1) is 9.20. The third kappa shape index (κ3) is 3.96. The van der Waals surface area contributed by atoms with Gasteiger partial charge in [0.05, 0.1) is 11.3 Å². The van der Waals surface area contributed by atoms with Crippen molar-refractivity contribution in [3.05, 3.63) is 29.8 Å². The lowest BCUT2D eigenvalue weighted by atomic mass is 10.1. The molecule has 5 N–H and O–H groups in total. The van der Waals surface area contributed by atoms with Crippen LogP contribution in [0, 0.1) is 0 Å². The normalized spacial score (nSPS) is 13.7. The molecule has 0 unspecified atom stereocenters. The van der Waals surface area contributed by atoms with Gasteiger partial charge in [0.25, 0.3) is 5.91 Å². The van der Waals surface area contributed by atoms with Crippen LogP contribution in [-0.4, -0.2) is 31.1 Å². The summed E-state index contributed by atoms with van der Waals surface area (Å²) >= 11 is 0. The van der Waals surface area contributed by atoms with Gasteiger partial charge in [-0.15, -0.1) is 0 Å². The lowest BCUT2D eigenvalue weighted by Gasteiger charge is -2.11. The summed E-state index contributed by atoms with van der Waals surface area (Å²) in [5.74, 6) is -0.243. The summed E-state index contributed by atoms with van der Waals surface area (Å²) in [6.07, 6.45) is 2.04. The standard InChI is InChI=1S/C13H18N4O2/c14-7-8-15-12(18)10-3-1-2-4-11(10)17-13(19)16-9-5-6-9/h1-4,9H,5-8,14H2,(H,15,18)(H2,16,17,19). The van der Waals surface area contributed by atoms with Gasteiger partial charge in [-0.3, -0.25) is 4.79 Å². The van der Waals surface area contributed by atoms with Crippen LogP contribution in [0.4, 0.5) is 10.5 Å². The number of para-hydroxylation sites is 1. The van der Waals surface area contributed by atoms with Gasteiger partial charge in [-0.05, 0) is 25.0 Å². The molecule has 0 spiro atoms. The second-order valence-electron chi connectivity index (χ2n) is 4.46. The largest absolute Gasteiger partial charge is 0.351 e. The summed E-state index contributed by atoms with van der Waals surface area (Å²) in [5.41, 5.74) is 6.27. The number of nitrogens with one attached hydrogen (secondary N) is 3. The topological polar surface area (TPSA) is 96.2 Å². The average Bonchev–Trinajstić information content (AvgIpc) is 3.20. The zero-order chi connectivity index (χ0) is 13.7. The number of carbonyl (C=O) groups excluding carboxylic acids is 2. The molecule has 0 aliphatic heterocycles. The van der Waals surface area contributed by atoms with Crippen LogP contribution in [0.1, 0.15) is 23.2 Å². The van der Waals surface area contributed by atoms with E-state index in [2.05, 4.69) is 16.0 Å². The molecule has 6 nitrogen and oxygen atoms in total. The van der Waals surface area contributed by atoms with Crippen LogP contribution in [0.25, 0.3) is 0 Å². The van der Waals surface area contributed by atoms with Gasteiger partial charge in [0.2, 0.25) is 0 Å². The van der Waals surface area contributed by atoms with E-state index in [4.69, 9.17) is 5.73 Å². The van der Waals surface area contributed by atoms with E-state index >= 15 is 0 Å². The van der Waals surface area contributed by atoms with Crippen molar-refractivity contribution in [2.75, 3.05) is 18.4 Å². The molecule has 0 atom stereocenters. The Kier molecular flexibility index (Phi) is 4.35. The van der Waals surface area contributed by atoms with Gasteiger partial charge in [-0.25, -0.2) is 4.79 Å². The van der Waals surface area contributed by atoms with Gasteiger partial charge in [-0.2, -0.15) is 0 Å². The summed E-state index contributed by atoms with van der Waals surface area (Å²) in [7, 11) is 0. The molecule has 1 aromatic carbocycles. The monoisotopic (exact) mass is 262 g/mol. The molecular formula is C13H18N4O2. The van der Waals surface area contributed by atoms with E-state index in [1.807, 2.05) is 0 Å². The molecule has 0 heterocycles. The number of nitrogens with two attached hydrogens (primary N) is 1. The number of anilines is 1. The Balaban J connectivity index is 2.02. The fourth-order valence-corrected chi connectivity index (χ4v) is 1.64. The van der Waals surface area contributed by atoms with E-state index in [-0.39, 0.29) is 18.0 Å². The van der Waals surface area contributed by atoms with Crippen molar-refractivity contribution in [2.45, 2.75) is 18.9 Å². The minimum Gasteiger partial charge on any atom is -0.351 e. The minimum absolute atomic E-state index is 0.243. The highest BCUT2D eigenvalue weighted by atomic mass is 16.2. The average molecular weight is 262 g/mol. The molecule has 19 heavy (non-hydrogen) atoms. The highest BCUT2D eigenvalue weighted by Crippen LogP contribution is 2.19. The first kappa shape index (κ1) is 13.4. The molecule has 2 rings (SSSR count). The van der Waals surface area contributed by atoms with Crippen molar-refractivity contribution in [1.29, 1.82) is 0 Å². The maximum atomic E-state index is 11.9. The molecule has 102 valence electrons. The maximum absolute atomic E-state index is 11.9. The Bertz CT molecular complexity index is 471. The van der Waals surface area contributed by atoms with Gasteiger partial charge in [-0.1, -0.05) is 12.1 Å². The van der Waals surface area contributed by atoms with Gasteiger partial charge >= 0.3 is 6.03 Å². The van der Waals surface area contributed by atoms with Gasteiger partial charge in [0.15, 0.2) is 0 Å². The maximum Gasteiger partial charge on any atom is 0.319 e. The lowest BCUT2D eigenvalue weighted by molar-refractivity contribution is 0.0955. The smallest absolute Gasteiger partial charge is 0.319 e. The van der Waals surface area contributed by atoms with Crippen LogP contribution in [0.3, 0.4) is 0 Å². The summed E-state index contributed by atoms with van der Waals surface area (Å²) in [5, 5.41) is 8.19. The number of carbonyl (C=O) groups is 2. The van der Waals surface area contributed by atoms with E-state index in [0.717, 1.165) is 12.8 Å². The third-order valence-corrected chi connectivity index (χ3v) is 2.76. The summed E-state index contributed by atoms with van der Waals surface area (Å²) in [6, 6.07) is 6.88. The van der Waals surface area contributed by atoms with Crippen molar-refractivity contribution in [3.63, 3.8) is 0 Å². The molecule has 6 heteroatoms. The molecule has 3 amide bonds. The molecule has 0 saturated heterocycles. The molecule has 1 aliphatic rings. The number of urea groups is 1. The second kappa shape index (κ2) is 6.19. The number of benzene rings is 1. The summed E-state index contributed by atoms with van der Waals surface area (Å²) in [4.78, 5) is 23.6. The highest BCUT2D eigenvalue weighted by molar-refractivity contribution is 6.03. The fourth-order valence-electron chi connectivity index (χ4n) is 1.64. The third-order valence-electron chi connectivity index (χ3n) is 2.76. The van der Waals surface area contributed by atoms with Crippen LogP contribution in [-0.2, 0) is 0 Å². The van der Waals surface area contributed by atoms with E-state index in [9.17, 15) is 9.59 Å². The zero-order valence-electron chi connectivity index (χ0n) is 10.6. The molecule has 1 aliphatic carbocycles. The Morgan fingerprint density at radius 1 is 1.26 bits per heavy atom. The van der Waals surface area contributed by atoms with Crippen LogP contribution < -0.4 is 21.7 Å². The second-order valence-corrected chi connectivity index (χ2v) is 4.46. The van der Waals surface area contributed by atoms with Crippen molar-refractivity contribution < 1.29 is 9.59 Å². The summed E-state index contributed by atoms with van der Waals surface area (Å²) < 4.78 is 0. The van der Waals surface area contributed by atoms with Crippen LogP contribution >= 0.6 is 0 Å². The van der Waals surface area contributed by atoms with Crippen molar-refractivity contribution in [1.82, 2.24) is 10.6 Å². The number of hydrogen-bond donors (Lipinski definition) is 4. The van der Waals surface area contributed by atoms with Crippen LogP contribution in [0.2, 0.25) is 0 Å². The SMILES string of the molecule is NCCNC(=O)c1ccccc1NC(=O)NC1CC1.